The van der Waals surface area contributed by atoms with E-state index in [-0.39, 0.29) is 6.67 Å². The highest BCUT2D eigenvalue weighted by Crippen LogP contribution is 2.07. The molecule has 0 aromatic heterocycles. The van der Waals surface area contributed by atoms with Gasteiger partial charge < -0.3 is 4.90 Å². The molecule has 10 heavy (non-hydrogen) atoms. The summed E-state index contributed by atoms with van der Waals surface area (Å²) in [5, 5.41) is 0. The Morgan fingerprint density at radius 1 is 1.30 bits per heavy atom. The maximum absolute atomic E-state index is 11.7. The molecule has 1 fully saturated rings. The predicted octanol–water partition coefficient (Wildman–Crippen LogP) is 1.65. The normalized spacial score (nSPS) is 21.3. The number of halogens is 1. The van der Waals surface area contributed by atoms with Gasteiger partial charge in [0, 0.05) is 6.54 Å². The molecule has 0 aromatic rings. The lowest BCUT2D eigenvalue weighted by Gasteiger charge is -2.25. The summed E-state index contributed by atoms with van der Waals surface area (Å²) in [6.45, 7) is 3.06. The Bertz CT molecular complexity index is 79.3. The fourth-order valence-corrected chi connectivity index (χ4v) is 1.31. The first-order valence-electron chi connectivity index (χ1n) is 4.03. The van der Waals surface area contributed by atoms with E-state index in [1.165, 1.54) is 12.8 Å². The predicted molar refractivity (Wildman–Crippen MR) is 40.6 cm³/mol. The van der Waals surface area contributed by atoms with Crippen molar-refractivity contribution in [3.05, 3.63) is 6.42 Å². The first kappa shape index (κ1) is 7.99. The summed E-state index contributed by atoms with van der Waals surface area (Å²) in [7, 11) is 0. The highest BCUT2D eigenvalue weighted by atomic mass is 19.1. The van der Waals surface area contributed by atoms with E-state index in [0.29, 0.717) is 6.42 Å². The van der Waals surface area contributed by atoms with Crippen LogP contribution in [-0.4, -0.2) is 31.2 Å². The van der Waals surface area contributed by atoms with Crippen molar-refractivity contribution in [1.29, 1.82) is 0 Å². The maximum atomic E-state index is 11.7. The Labute approximate surface area is 62.2 Å². The lowest BCUT2D eigenvalue weighted by atomic mass is 10.1. The summed E-state index contributed by atoms with van der Waals surface area (Å²) in [5.41, 5.74) is 0. The van der Waals surface area contributed by atoms with Gasteiger partial charge in [-0.1, -0.05) is 0 Å². The Balaban J connectivity index is 2.02. The van der Waals surface area contributed by atoms with Gasteiger partial charge in [0.25, 0.3) is 0 Å². The van der Waals surface area contributed by atoms with Crippen molar-refractivity contribution in [3.63, 3.8) is 0 Å². The van der Waals surface area contributed by atoms with Gasteiger partial charge in [0.1, 0.15) is 0 Å². The van der Waals surface area contributed by atoms with Crippen LogP contribution in [0.15, 0.2) is 0 Å². The number of piperidine rings is 1. The van der Waals surface area contributed by atoms with Gasteiger partial charge in [0.05, 0.1) is 6.67 Å². The van der Waals surface area contributed by atoms with Crippen molar-refractivity contribution in [2.75, 3.05) is 26.3 Å². The molecule has 1 saturated heterocycles. The summed E-state index contributed by atoms with van der Waals surface area (Å²) < 4.78 is 11.7. The Morgan fingerprint density at radius 3 is 2.60 bits per heavy atom. The fraction of sp³-hybridized carbons (Fsp3) is 0.875. The van der Waals surface area contributed by atoms with E-state index >= 15 is 0 Å². The number of hydrogen-bond donors (Lipinski definition) is 0. The highest BCUT2D eigenvalue weighted by molar-refractivity contribution is 4.76. The number of nitrogens with zero attached hydrogens (tertiary/aromatic N) is 1. The molecule has 1 nitrogen and oxygen atoms in total. The quantitative estimate of drug-likeness (QED) is 0.582. The Morgan fingerprint density at radius 2 is 2.00 bits per heavy atom. The molecule has 0 saturated carbocycles. The minimum absolute atomic E-state index is 0.166. The smallest absolute Gasteiger partial charge is 0.0906 e. The van der Waals surface area contributed by atoms with Gasteiger partial charge in [-0.15, -0.1) is 0 Å². The monoisotopic (exact) mass is 144 g/mol. The number of likely N-dealkylation sites (tertiary alicyclic amines) is 1. The van der Waals surface area contributed by atoms with Crippen LogP contribution in [0.3, 0.4) is 0 Å². The second kappa shape index (κ2) is 4.67. The molecule has 0 aromatic carbocycles. The first-order chi connectivity index (χ1) is 4.93. The third-order valence-corrected chi connectivity index (χ3v) is 1.91. The minimum Gasteiger partial charge on any atom is -0.303 e. The third kappa shape index (κ3) is 2.65. The van der Waals surface area contributed by atoms with E-state index in [0.717, 1.165) is 19.6 Å². The van der Waals surface area contributed by atoms with Crippen molar-refractivity contribution in [3.8, 4) is 0 Å². The lowest BCUT2D eigenvalue weighted by molar-refractivity contribution is 0.241. The molecule has 1 radical (unpaired) electrons. The Kier molecular flexibility index (Phi) is 3.73. The SMILES string of the molecule is FCCCN1CC[CH]CC1. The van der Waals surface area contributed by atoms with Gasteiger partial charge in [-0.2, -0.15) is 0 Å². The van der Waals surface area contributed by atoms with Crippen molar-refractivity contribution < 1.29 is 4.39 Å². The van der Waals surface area contributed by atoms with E-state index in [4.69, 9.17) is 0 Å². The third-order valence-electron chi connectivity index (χ3n) is 1.91. The molecule has 2 heteroatoms. The number of rotatable bonds is 3. The van der Waals surface area contributed by atoms with Gasteiger partial charge in [0.2, 0.25) is 0 Å². The van der Waals surface area contributed by atoms with Crippen molar-refractivity contribution in [2.24, 2.45) is 0 Å². The molecule has 0 atom stereocenters. The van der Waals surface area contributed by atoms with E-state index in [1.54, 1.807) is 0 Å². The van der Waals surface area contributed by atoms with E-state index in [9.17, 15) is 4.39 Å². The van der Waals surface area contributed by atoms with E-state index < -0.39 is 0 Å². The number of alkyl halides is 1. The van der Waals surface area contributed by atoms with Gasteiger partial charge in [-0.05, 0) is 38.8 Å². The average molecular weight is 144 g/mol. The van der Waals surface area contributed by atoms with Crippen LogP contribution in [0.5, 0.6) is 0 Å². The van der Waals surface area contributed by atoms with Crippen LogP contribution >= 0.6 is 0 Å². The molecule has 1 rings (SSSR count). The Hall–Kier alpha value is -0.110. The standard InChI is InChI=1S/C8H15FN/c9-5-4-8-10-6-2-1-3-7-10/h1H,2-8H2. The zero-order valence-electron chi connectivity index (χ0n) is 6.35. The van der Waals surface area contributed by atoms with Crippen LogP contribution in [0, 0.1) is 6.42 Å². The first-order valence-corrected chi connectivity index (χ1v) is 4.03. The van der Waals surface area contributed by atoms with Gasteiger partial charge >= 0.3 is 0 Å². The summed E-state index contributed by atoms with van der Waals surface area (Å²) >= 11 is 0. The lowest BCUT2D eigenvalue weighted by Crippen LogP contribution is -2.30. The average Bonchev–Trinajstić information content (AvgIpc) is 2.03. The van der Waals surface area contributed by atoms with Crippen LogP contribution in [-0.2, 0) is 0 Å². The molecule has 0 amide bonds. The van der Waals surface area contributed by atoms with Gasteiger partial charge in [0.15, 0.2) is 0 Å². The van der Waals surface area contributed by atoms with Gasteiger partial charge in [-0.3, -0.25) is 4.39 Å². The van der Waals surface area contributed by atoms with Crippen LogP contribution in [0.2, 0.25) is 0 Å². The molecule has 0 bridgehead atoms. The molecular formula is C8H15FN. The molecule has 0 aliphatic carbocycles. The summed E-state index contributed by atoms with van der Waals surface area (Å²) in [6.07, 6.45) is 5.39. The van der Waals surface area contributed by atoms with Crippen LogP contribution in [0.4, 0.5) is 4.39 Å². The summed E-state index contributed by atoms with van der Waals surface area (Å²) in [6, 6.07) is 0. The molecular weight excluding hydrogens is 129 g/mol. The van der Waals surface area contributed by atoms with Crippen molar-refractivity contribution in [2.45, 2.75) is 19.3 Å². The summed E-state index contributed by atoms with van der Waals surface area (Å²) in [4.78, 5) is 2.33. The van der Waals surface area contributed by atoms with Crippen LogP contribution in [0.25, 0.3) is 0 Å². The molecule has 0 unspecified atom stereocenters. The van der Waals surface area contributed by atoms with E-state index in [1.807, 2.05) is 0 Å². The van der Waals surface area contributed by atoms with Gasteiger partial charge in [-0.25, -0.2) is 0 Å². The topological polar surface area (TPSA) is 3.24 Å². The largest absolute Gasteiger partial charge is 0.303 e. The van der Waals surface area contributed by atoms with Crippen LogP contribution in [0.1, 0.15) is 19.3 Å². The van der Waals surface area contributed by atoms with Crippen molar-refractivity contribution >= 4 is 0 Å². The molecule has 1 heterocycles. The zero-order chi connectivity index (χ0) is 7.23. The number of hydrogen-bond acceptors (Lipinski definition) is 1. The molecule has 0 spiro atoms. The second-order valence-electron chi connectivity index (χ2n) is 2.75. The minimum atomic E-state index is -0.166. The zero-order valence-corrected chi connectivity index (χ0v) is 6.35. The maximum Gasteiger partial charge on any atom is 0.0906 e. The second-order valence-corrected chi connectivity index (χ2v) is 2.75. The summed E-state index contributed by atoms with van der Waals surface area (Å²) in [5.74, 6) is 0. The molecule has 1 aliphatic heterocycles. The van der Waals surface area contributed by atoms with Crippen molar-refractivity contribution in [1.82, 2.24) is 4.90 Å². The molecule has 59 valence electrons. The van der Waals surface area contributed by atoms with E-state index in [2.05, 4.69) is 11.3 Å². The fourth-order valence-electron chi connectivity index (χ4n) is 1.31. The van der Waals surface area contributed by atoms with Crippen LogP contribution < -0.4 is 0 Å². The highest BCUT2D eigenvalue weighted by Gasteiger charge is 2.08. The molecule has 1 aliphatic rings. The molecule has 0 N–H and O–H groups in total.